The van der Waals surface area contributed by atoms with Crippen LogP contribution in [0, 0.1) is 0 Å². The molecule has 3 nitrogen and oxygen atoms in total. The number of likely N-dealkylation sites (tertiary alicyclic amines) is 1. The maximum atomic E-state index is 10.0. The molecule has 2 rings (SSSR count). The fraction of sp³-hybridized carbons (Fsp3) is 1.00. The monoisotopic (exact) mass is 213 g/mol. The minimum Gasteiger partial charge on any atom is -0.395 e. The second-order valence-electron chi connectivity index (χ2n) is 4.99. The number of hydrogen-bond acceptors (Lipinski definition) is 3. The Morgan fingerprint density at radius 1 is 1.00 bits per heavy atom. The maximum Gasteiger partial charge on any atom is 0.0695 e. The Morgan fingerprint density at radius 2 is 1.73 bits per heavy atom. The third-order valence-corrected chi connectivity index (χ3v) is 4.00. The molecular weight excluding hydrogens is 190 g/mol. The van der Waals surface area contributed by atoms with Crippen molar-refractivity contribution < 1.29 is 10.2 Å². The van der Waals surface area contributed by atoms with Crippen molar-refractivity contribution in [3.63, 3.8) is 0 Å². The van der Waals surface area contributed by atoms with Crippen molar-refractivity contribution in [2.75, 3.05) is 13.2 Å². The van der Waals surface area contributed by atoms with E-state index in [1.165, 1.54) is 19.3 Å². The summed E-state index contributed by atoms with van der Waals surface area (Å²) in [6.07, 6.45) is 7.83. The second kappa shape index (κ2) is 5.28. The summed E-state index contributed by atoms with van der Waals surface area (Å²) in [4.78, 5) is 2.37. The van der Waals surface area contributed by atoms with Gasteiger partial charge in [0.2, 0.25) is 0 Å². The predicted molar refractivity (Wildman–Crippen MR) is 59.7 cm³/mol. The van der Waals surface area contributed by atoms with Gasteiger partial charge in [-0.2, -0.15) is 0 Å². The van der Waals surface area contributed by atoms with Crippen molar-refractivity contribution in [2.24, 2.45) is 0 Å². The SMILES string of the molecule is OCC1CCCCN1[C@@H]1CCCC[C@H]1O. The van der Waals surface area contributed by atoms with Gasteiger partial charge in [-0.3, -0.25) is 4.90 Å². The van der Waals surface area contributed by atoms with Crippen LogP contribution in [0.5, 0.6) is 0 Å². The van der Waals surface area contributed by atoms with Gasteiger partial charge in [-0.15, -0.1) is 0 Å². The average molecular weight is 213 g/mol. The first kappa shape index (κ1) is 11.4. The lowest BCUT2D eigenvalue weighted by molar-refractivity contribution is -0.0283. The van der Waals surface area contributed by atoms with Crippen molar-refractivity contribution >= 4 is 0 Å². The highest BCUT2D eigenvalue weighted by atomic mass is 16.3. The quantitative estimate of drug-likeness (QED) is 0.723. The van der Waals surface area contributed by atoms with Crippen LogP contribution in [0.3, 0.4) is 0 Å². The average Bonchev–Trinajstić information content (AvgIpc) is 2.30. The van der Waals surface area contributed by atoms with Crippen LogP contribution >= 0.6 is 0 Å². The Bertz CT molecular complexity index is 198. The number of piperidine rings is 1. The summed E-state index contributed by atoms with van der Waals surface area (Å²) < 4.78 is 0. The molecule has 0 aromatic heterocycles. The third-order valence-electron chi connectivity index (χ3n) is 4.00. The zero-order valence-corrected chi connectivity index (χ0v) is 9.44. The van der Waals surface area contributed by atoms with E-state index < -0.39 is 0 Å². The molecule has 3 atom stereocenters. The topological polar surface area (TPSA) is 43.7 Å². The Hall–Kier alpha value is -0.120. The molecule has 2 fully saturated rings. The summed E-state index contributed by atoms with van der Waals surface area (Å²) in [5.74, 6) is 0. The lowest BCUT2D eigenvalue weighted by atomic mass is 9.88. The van der Waals surface area contributed by atoms with Crippen molar-refractivity contribution in [3.8, 4) is 0 Å². The van der Waals surface area contributed by atoms with Crippen molar-refractivity contribution in [2.45, 2.75) is 63.1 Å². The highest BCUT2D eigenvalue weighted by Crippen LogP contribution is 2.28. The van der Waals surface area contributed by atoms with E-state index in [2.05, 4.69) is 4.90 Å². The molecule has 0 spiro atoms. The number of rotatable bonds is 2. The van der Waals surface area contributed by atoms with Gasteiger partial charge in [0.05, 0.1) is 12.7 Å². The summed E-state index contributed by atoms with van der Waals surface area (Å²) in [6.45, 7) is 1.32. The molecular formula is C12H23NO2. The van der Waals surface area contributed by atoms with E-state index in [1.807, 2.05) is 0 Å². The van der Waals surface area contributed by atoms with Gasteiger partial charge in [0.15, 0.2) is 0 Å². The van der Waals surface area contributed by atoms with E-state index in [-0.39, 0.29) is 12.7 Å². The molecule has 1 unspecified atom stereocenters. The largest absolute Gasteiger partial charge is 0.395 e. The molecule has 3 heteroatoms. The van der Waals surface area contributed by atoms with Crippen LogP contribution in [0.15, 0.2) is 0 Å². The lowest BCUT2D eigenvalue weighted by Crippen LogP contribution is -2.53. The van der Waals surface area contributed by atoms with E-state index in [1.54, 1.807) is 0 Å². The first-order chi connectivity index (χ1) is 7.33. The first-order valence-corrected chi connectivity index (χ1v) is 6.37. The van der Waals surface area contributed by atoms with Gasteiger partial charge in [-0.1, -0.05) is 19.3 Å². The van der Waals surface area contributed by atoms with Crippen molar-refractivity contribution in [3.05, 3.63) is 0 Å². The lowest BCUT2D eigenvalue weighted by Gasteiger charge is -2.44. The molecule has 1 aliphatic heterocycles. The molecule has 0 radical (unpaired) electrons. The summed E-state index contributed by atoms with van der Waals surface area (Å²) >= 11 is 0. The van der Waals surface area contributed by atoms with E-state index >= 15 is 0 Å². The fourth-order valence-electron chi connectivity index (χ4n) is 3.13. The van der Waals surface area contributed by atoms with Gasteiger partial charge in [-0.05, 0) is 32.2 Å². The normalized spacial score (nSPS) is 39.2. The first-order valence-electron chi connectivity index (χ1n) is 6.37. The number of aliphatic hydroxyl groups excluding tert-OH is 2. The predicted octanol–water partition coefficient (Wildman–Crippen LogP) is 1.14. The van der Waals surface area contributed by atoms with Crippen LogP contribution in [0.2, 0.25) is 0 Å². The molecule has 0 aromatic rings. The Balaban J connectivity index is 1.99. The smallest absolute Gasteiger partial charge is 0.0695 e. The summed E-state index contributed by atoms with van der Waals surface area (Å²) in [5, 5.41) is 19.4. The molecule has 0 bridgehead atoms. The molecule has 0 amide bonds. The summed E-state index contributed by atoms with van der Waals surface area (Å²) in [6, 6.07) is 0.618. The molecule has 1 saturated carbocycles. The molecule has 0 aromatic carbocycles. The van der Waals surface area contributed by atoms with E-state index in [4.69, 9.17) is 0 Å². The van der Waals surface area contributed by atoms with Gasteiger partial charge >= 0.3 is 0 Å². The van der Waals surface area contributed by atoms with Crippen LogP contribution in [-0.4, -0.2) is 46.5 Å². The second-order valence-corrected chi connectivity index (χ2v) is 4.99. The van der Waals surface area contributed by atoms with Crippen molar-refractivity contribution in [1.29, 1.82) is 0 Å². The Morgan fingerprint density at radius 3 is 2.47 bits per heavy atom. The molecule has 1 heterocycles. The minimum absolute atomic E-state index is 0.161. The number of hydrogen-bond donors (Lipinski definition) is 2. The molecule has 2 N–H and O–H groups in total. The van der Waals surface area contributed by atoms with Gasteiger partial charge < -0.3 is 10.2 Å². The number of aliphatic hydroxyl groups is 2. The van der Waals surface area contributed by atoms with E-state index in [0.29, 0.717) is 12.1 Å². The minimum atomic E-state index is -0.161. The van der Waals surface area contributed by atoms with Crippen LogP contribution in [0.1, 0.15) is 44.9 Å². The van der Waals surface area contributed by atoms with Gasteiger partial charge in [0.25, 0.3) is 0 Å². The molecule has 15 heavy (non-hydrogen) atoms. The molecule has 88 valence electrons. The standard InChI is InChI=1S/C12H23NO2/c14-9-10-5-3-4-8-13(10)11-6-1-2-7-12(11)15/h10-12,14-15H,1-9H2/t10?,11-,12-/m1/s1. The van der Waals surface area contributed by atoms with Crippen molar-refractivity contribution in [1.82, 2.24) is 4.90 Å². The number of nitrogens with zero attached hydrogens (tertiary/aromatic N) is 1. The third kappa shape index (κ3) is 2.52. The maximum absolute atomic E-state index is 10.0. The van der Waals surface area contributed by atoms with Crippen LogP contribution < -0.4 is 0 Å². The summed E-state index contributed by atoms with van der Waals surface area (Å²) in [7, 11) is 0. The van der Waals surface area contributed by atoms with Crippen LogP contribution in [-0.2, 0) is 0 Å². The fourth-order valence-corrected chi connectivity index (χ4v) is 3.13. The summed E-state index contributed by atoms with van der Waals surface area (Å²) in [5.41, 5.74) is 0. The van der Waals surface area contributed by atoms with Gasteiger partial charge in [0.1, 0.15) is 0 Å². The van der Waals surface area contributed by atoms with Crippen LogP contribution in [0.25, 0.3) is 0 Å². The zero-order valence-electron chi connectivity index (χ0n) is 9.44. The van der Waals surface area contributed by atoms with Crippen LogP contribution in [0.4, 0.5) is 0 Å². The molecule has 2 aliphatic rings. The van der Waals surface area contributed by atoms with Gasteiger partial charge in [-0.25, -0.2) is 0 Å². The molecule has 1 aliphatic carbocycles. The van der Waals surface area contributed by atoms with E-state index in [0.717, 1.165) is 32.2 Å². The van der Waals surface area contributed by atoms with Gasteiger partial charge in [0, 0.05) is 12.1 Å². The molecule has 1 saturated heterocycles. The highest BCUT2D eigenvalue weighted by Gasteiger charge is 2.33. The Kier molecular flexibility index (Phi) is 4.00. The zero-order chi connectivity index (χ0) is 10.7. The Labute approximate surface area is 92.1 Å². The highest BCUT2D eigenvalue weighted by molar-refractivity contribution is 4.88. The van der Waals surface area contributed by atoms with E-state index in [9.17, 15) is 10.2 Å².